The highest BCUT2D eigenvalue weighted by molar-refractivity contribution is 7.92. The van der Waals surface area contributed by atoms with E-state index in [-0.39, 0.29) is 33.4 Å². The quantitative estimate of drug-likeness (QED) is 0.0658. The molecule has 13 nitrogen and oxygen atoms in total. The zero-order valence-electron chi connectivity index (χ0n) is 36.0. The number of sulfone groups is 1. The highest BCUT2D eigenvalue weighted by Gasteiger charge is 2.34. The largest absolute Gasteiger partial charge is 0.455 e. The average Bonchev–Trinajstić information content (AvgIpc) is 3.72. The van der Waals surface area contributed by atoms with Crippen LogP contribution in [0.1, 0.15) is 73.0 Å². The minimum atomic E-state index is -4.41. The fraction of sp³-hybridized carbons (Fsp3) is 0.404. The molecule has 0 bridgehead atoms. The normalized spacial score (nSPS) is 18.6. The summed E-state index contributed by atoms with van der Waals surface area (Å²) in [4.78, 5) is 37.1. The number of carbonyl (C=O) groups is 1. The number of nitro groups is 1. The number of H-pyrrole nitrogens is 1. The van der Waals surface area contributed by atoms with Gasteiger partial charge in [-0.05, 0) is 110 Å². The van der Waals surface area contributed by atoms with Gasteiger partial charge in [-0.1, -0.05) is 25.5 Å². The third kappa shape index (κ3) is 10.1. The summed E-state index contributed by atoms with van der Waals surface area (Å²) >= 11 is 0. The van der Waals surface area contributed by atoms with Crippen LogP contribution >= 0.6 is 0 Å². The summed E-state index contributed by atoms with van der Waals surface area (Å²) < 4.78 is 80.0. The first-order chi connectivity index (χ1) is 30.4. The minimum absolute atomic E-state index is 0.0159. The molecule has 64 heavy (non-hydrogen) atoms. The van der Waals surface area contributed by atoms with Gasteiger partial charge in [0.05, 0.1) is 33.7 Å². The molecule has 0 amide bonds. The van der Waals surface area contributed by atoms with Crippen LogP contribution in [0.5, 0.6) is 11.5 Å². The van der Waals surface area contributed by atoms with Crippen LogP contribution in [0.4, 0.5) is 30.2 Å². The second-order valence-electron chi connectivity index (χ2n) is 17.8. The van der Waals surface area contributed by atoms with Crippen molar-refractivity contribution in [3.05, 3.63) is 117 Å². The molecule has 1 atom stereocenters. The number of nitrogens with zero attached hydrogens (tertiary/aromatic N) is 4. The number of nitro benzene ring substituents is 1. The van der Waals surface area contributed by atoms with Crippen molar-refractivity contribution in [3.63, 3.8) is 0 Å². The first kappa shape index (κ1) is 44.8. The van der Waals surface area contributed by atoms with Crippen molar-refractivity contribution in [1.29, 1.82) is 0 Å². The third-order valence-electron chi connectivity index (χ3n) is 12.5. The number of pyridine rings is 1. The number of benzene rings is 3. The Morgan fingerprint density at radius 1 is 1.06 bits per heavy atom. The van der Waals surface area contributed by atoms with Crippen molar-refractivity contribution in [3.8, 4) is 11.5 Å². The average molecular weight is 901 g/mol. The number of ether oxygens (including phenoxy) is 2. The molecule has 338 valence electrons. The zero-order chi connectivity index (χ0) is 45.4. The van der Waals surface area contributed by atoms with Gasteiger partial charge in [0.25, 0.3) is 5.69 Å². The Morgan fingerprint density at radius 2 is 1.86 bits per heavy atom. The monoisotopic (exact) mass is 900 g/mol. The van der Waals surface area contributed by atoms with Crippen molar-refractivity contribution < 1.29 is 40.8 Å². The predicted molar refractivity (Wildman–Crippen MR) is 239 cm³/mol. The lowest BCUT2D eigenvalue weighted by molar-refractivity contribution is -0.384. The molecular formula is C47H51F3N6O7S. The molecule has 8 rings (SSSR count). The zero-order valence-corrected chi connectivity index (χ0v) is 36.8. The highest BCUT2D eigenvalue weighted by atomic mass is 32.2. The fourth-order valence-corrected chi connectivity index (χ4v) is 10.1. The van der Waals surface area contributed by atoms with Gasteiger partial charge in [0, 0.05) is 74.8 Å². The molecule has 5 aromatic rings. The van der Waals surface area contributed by atoms with E-state index >= 15 is 0 Å². The number of hydrogen-bond acceptors (Lipinski definition) is 11. The third-order valence-corrected chi connectivity index (χ3v) is 14.1. The molecule has 0 radical (unpaired) electrons. The summed E-state index contributed by atoms with van der Waals surface area (Å²) in [7, 11) is -4.36. The molecule has 3 aliphatic rings. The molecule has 17 heteroatoms. The number of alkyl halides is 3. The Bertz CT molecular complexity index is 2720. The van der Waals surface area contributed by atoms with Crippen molar-refractivity contribution in [2.75, 3.05) is 61.9 Å². The van der Waals surface area contributed by atoms with Gasteiger partial charge in [0.1, 0.15) is 28.6 Å². The van der Waals surface area contributed by atoms with Gasteiger partial charge in [-0.3, -0.25) is 19.8 Å². The molecule has 4 heterocycles. The van der Waals surface area contributed by atoms with Crippen molar-refractivity contribution in [1.82, 2.24) is 14.9 Å². The van der Waals surface area contributed by atoms with Crippen LogP contribution in [0.25, 0.3) is 16.6 Å². The van der Waals surface area contributed by atoms with E-state index in [1.807, 2.05) is 6.07 Å². The number of carbonyl (C=O) groups excluding carboxylic acids is 1. The molecule has 3 aromatic carbocycles. The number of piperazine rings is 1. The lowest BCUT2D eigenvalue weighted by Crippen LogP contribution is -2.47. The Hall–Kier alpha value is -5.78. The number of nitrogens with one attached hydrogen (secondary N) is 2. The number of ketones is 1. The summed E-state index contributed by atoms with van der Waals surface area (Å²) in [6, 6.07) is 16.1. The number of allylic oxidation sites excluding steroid dienone is 1. The van der Waals surface area contributed by atoms with Crippen LogP contribution < -0.4 is 15.0 Å². The molecule has 0 saturated carbocycles. The molecule has 0 unspecified atom stereocenters. The molecule has 2 aliphatic heterocycles. The fourth-order valence-electron chi connectivity index (χ4n) is 8.92. The van der Waals surface area contributed by atoms with Gasteiger partial charge < -0.3 is 24.7 Å². The second-order valence-corrected chi connectivity index (χ2v) is 19.7. The van der Waals surface area contributed by atoms with Crippen molar-refractivity contribution in [2.45, 2.75) is 70.0 Å². The van der Waals surface area contributed by atoms with Gasteiger partial charge in [-0.25, -0.2) is 13.4 Å². The van der Waals surface area contributed by atoms with Crippen molar-refractivity contribution >= 4 is 49.3 Å². The van der Waals surface area contributed by atoms with Gasteiger partial charge in [-0.15, -0.1) is 0 Å². The second kappa shape index (κ2) is 18.0. The molecule has 2 N–H and O–H groups in total. The van der Waals surface area contributed by atoms with E-state index in [0.717, 1.165) is 60.4 Å². The number of Topliss-reactive ketones (excluding diaryl/α,β-unsaturated/α-hetero) is 1. The Labute approximate surface area is 369 Å². The van der Waals surface area contributed by atoms with E-state index in [1.165, 1.54) is 36.0 Å². The number of aromatic amines is 1. The van der Waals surface area contributed by atoms with Crippen LogP contribution in [0.3, 0.4) is 0 Å². The molecule has 2 aromatic heterocycles. The summed E-state index contributed by atoms with van der Waals surface area (Å²) in [5.41, 5.74) is 4.37. The van der Waals surface area contributed by atoms with E-state index in [1.54, 1.807) is 43.5 Å². The van der Waals surface area contributed by atoms with E-state index in [0.29, 0.717) is 62.9 Å². The van der Waals surface area contributed by atoms with Crippen molar-refractivity contribution in [2.24, 2.45) is 5.41 Å². The number of hydrogen-bond donors (Lipinski definition) is 2. The van der Waals surface area contributed by atoms with Gasteiger partial charge in [0.2, 0.25) is 0 Å². The minimum Gasteiger partial charge on any atom is -0.455 e. The number of fused-ring (bicyclic) bond motifs is 1. The highest BCUT2D eigenvalue weighted by Crippen LogP contribution is 2.45. The number of anilines is 2. The molecule has 2 saturated heterocycles. The Balaban J connectivity index is 1.02. The van der Waals surface area contributed by atoms with E-state index in [2.05, 4.69) is 38.9 Å². The maximum atomic E-state index is 14.0. The summed E-state index contributed by atoms with van der Waals surface area (Å²) in [6.45, 7) is 10.5. The van der Waals surface area contributed by atoms with E-state index in [4.69, 9.17) is 9.47 Å². The molecular weight excluding hydrogens is 850 g/mol. The van der Waals surface area contributed by atoms with Crippen LogP contribution in [0, 0.1) is 22.5 Å². The topological polar surface area (TPSA) is 160 Å². The standard InChI is InChI=1S/C47H51F3N6O7S/c1-30-21-33(47(48,49)50)6-9-38(30)40-25-46(2,3)14-12-32(40)27-54-16-18-55(19-17-54)35-7-10-39(44(23-35)63-36-22-31-13-15-51-45(31)52-26-36)43(57)29-64(60,61)37-8-11-41(42(24-37)56(58)59)53-34-5-4-20-62-28-34/h6-11,13,15,21-24,26,34,53H,4-5,12,14,16-20,25,27-29H2,1-3H3,(H,51,52)/t34-/m0/s1. The maximum Gasteiger partial charge on any atom is 0.416 e. The van der Waals surface area contributed by atoms with Crippen LogP contribution in [-0.2, 0) is 20.8 Å². The van der Waals surface area contributed by atoms with Gasteiger partial charge in [-0.2, -0.15) is 13.2 Å². The Morgan fingerprint density at radius 3 is 2.58 bits per heavy atom. The summed E-state index contributed by atoms with van der Waals surface area (Å²) in [5.74, 6) is -1.26. The van der Waals surface area contributed by atoms with Gasteiger partial charge in [0.15, 0.2) is 15.6 Å². The Kier molecular flexibility index (Phi) is 12.6. The number of rotatable bonds is 13. The van der Waals surface area contributed by atoms with Crippen LogP contribution in [0.15, 0.2) is 89.6 Å². The number of aryl methyl sites for hydroxylation is 1. The first-order valence-corrected chi connectivity index (χ1v) is 23.1. The molecule has 2 fully saturated rings. The van der Waals surface area contributed by atoms with Crippen LogP contribution in [0.2, 0.25) is 0 Å². The predicted octanol–water partition coefficient (Wildman–Crippen LogP) is 9.62. The van der Waals surface area contributed by atoms with E-state index < -0.39 is 43.7 Å². The SMILES string of the molecule is Cc1cc(C(F)(F)F)ccc1C1=C(CN2CCN(c3ccc(C(=O)CS(=O)(=O)c4ccc(N[C@H]5CCCOC5)c([N+](=O)[O-])c4)c(Oc4cnc5[nH]ccc5c4)c3)CC2)CCC(C)(C)C1. The smallest absolute Gasteiger partial charge is 0.416 e. The summed E-state index contributed by atoms with van der Waals surface area (Å²) in [5, 5.41) is 15.9. The van der Waals surface area contributed by atoms with E-state index in [9.17, 15) is 36.5 Å². The molecule has 0 spiro atoms. The lowest BCUT2D eigenvalue weighted by Gasteiger charge is -2.39. The van der Waals surface area contributed by atoms with Gasteiger partial charge >= 0.3 is 6.18 Å². The summed E-state index contributed by atoms with van der Waals surface area (Å²) in [6.07, 6.45) is 2.98. The number of aromatic nitrogens is 2. The lowest BCUT2D eigenvalue weighted by atomic mass is 9.72. The molecule has 1 aliphatic carbocycles. The number of halogens is 3. The first-order valence-electron chi connectivity index (χ1n) is 21.4. The van der Waals surface area contributed by atoms with Crippen LogP contribution in [-0.4, -0.2) is 91.7 Å². The maximum absolute atomic E-state index is 14.0.